The third-order valence-corrected chi connectivity index (χ3v) is 3.86. The van der Waals surface area contributed by atoms with Crippen LogP contribution in [0.5, 0.6) is 0 Å². The van der Waals surface area contributed by atoms with Crippen molar-refractivity contribution in [2.45, 2.75) is 39.7 Å². The van der Waals surface area contributed by atoms with Crippen molar-refractivity contribution in [1.82, 2.24) is 4.90 Å². The number of aliphatic carboxylic acids is 2. The molecule has 2 atom stereocenters. The molecule has 0 fully saturated rings. The second kappa shape index (κ2) is 9.38. The molecule has 0 amide bonds. The molecule has 6 nitrogen and oxygen atoms in total. The second-order valence-electron chi connectivity index (χ2n) is 5.13. The molecule has 0 heterocycles. The summed E-state index contributed by atoms with van der Waals surface area (Å²) in [6.45, 7) is 8.91. The Kier molecular flexibility index (Phi) is 8.67. The zero-order chi connectivity index (χ0) is 17.3. The fourth-order valence-electron chi connectivity index (χ4n) is 2.64. The second-order valence-corrected chi connectivity index (χ2v) is 5.13. The van der Waals surface area contributed by atoms with Crippen molar-refractivity contribution < 1.29 is 24.9 Å². The number of carbonyl (C=O) groups is 2. The Hall–Kier alpha value is -1.66. The lowest BCUT2D eigenvalue weighted by atomic mass is 9.74. The lowest BCUT2D eigenvalue weighted by Crippen LogP contribution is -2.57. The average Bonchev–Trinajstić information content (AvgIpc) is 2.48. The van der Waals surface area contributed by atoms with Gasteiger partial charge in [-0.15, -0.1) is 0 Å². The van der Waals surface area contributed by atoms with Gasteiger partial charge in [-0.2, -0.15) is 0 Å². The Morgan fingerprint density at radius 2 is 1.73 bits per heavy atom. The van der Waals surface area contributed by atoms with Crippen molar-refractivity contribution in [3.05, 3.63) is 23.8 Å². The topological polar surface area (TPSA) is 98.1 Å². The number of nitrogens with zero attached hydrogens (tertiary/aromatic N) is 1. The number of hydrogen-bond donors (Lipinski definition) is 3. The first-order valence-electron chi connectivity index (χ1n) is 7.52. The molecule has 0 aromatic rings. The van der Waals surface area contributed by atoms with Gasteiger partial charge < -0.3 is 15.3 Å². The van der Waals surface area contributed by atoms with Crippen LogP contribution in [0.1, 0.15) is 34.1 Å². The SMILES string of the molecule is CCCO.CCN(CC)C1(C)C(C(=O)O)=CC=CC1C(=O)O. The minimum atomic E-state index is -1.07. The van der Waals surface area contributed by atoms with E-state index in [-0.39, 0.29) is 5.57 Å². The maximum Gasteiger partial charge on any atom is 0.333 e. The first-order chi connectivity index (χ1) is 10.3. The number of aliphatic hydroxyl groups is 1. The first-order valence-corrected chi connectivity index (χ1v) is 7.52. The summed E-state index contributed by atoms with van der Waals surface area (Å²) in [5, 5.41) is 26.5. The van der Waals surface area contributed by atoms with Crippen LogP contribution in [0.15, 0.2) is 23.8 Å². The number of rotatable bonds is 6. The maximum absolute atomic E-state index is 11.4. The molecule has 0 spiro atoms. The Bertz CT molecular complexity index is 438. The quantitative estimate of drug-likeness (QED) is 0.691. The zero-order valence-electron chi connectivity index (χ0n) is 13.7. The number of aliphatic hydroxyl groups excluding tert-OH is 1. The van der Waals surface area contributed by atoms with Crippen LogP contribution in [0.25, 0.3) is 0 Å². The number of likely N-dealkylation sites (N-methyl/N-ethyl adjacent to an activating group) is 1. The van der Waals surface area contributed by atoms with Gasteiger partial charge in [0.25, 0.3) is 0 Å². The van der Waals surface area contributed by atoms with Gasteiger partial charge >= 0.3 is 11.9 Å². The van der Waals surface area contributed by atoms with Gasteiger partial charge in [-0.3, -0.25) is 9.69 Å². The molecule has 0 radical (unpaired) electrons. The van der Waals surface area contributed by atoms with Crippen LogP contribution in [0, 0.1) is 5.92 Å². The molecule has 2 unspecified atom stereocenters. The molecule has 0 saturated carbocycles. The lowest BCUT2D eigenvalue weighted by molar-refractivity contribution is -0.145. The van der Waals surface area contributed by atoms with E-state index in [0.717, 1.165) is 6.42 Å². The molecule has 3 N–H and O–H groups in total. The van der Waals surface area contributed by atoms with E-state index < -0.39 is 23.4 Å². The highest BCUT2D eigenvalue weighted by molar-refractivity contribution is 5.92. The van der Waals surface area contributed by atoms with Crippen molar-refractivity contribution in [3.8, 4) is 0 Å². The Morgan fingerprint density at radius 1 is 1.23 bits per heavy atom. The van der Waals surface area contributed by atoms with Gasteiger partial charge in [-0.1, -0.05) is 39.0 Å². The van der Waals surface area contributed by atoms with Gasteiger partial charge in [0, 0.05) is 6.61 Å². The molecule has 1 rings (SSSR count). The van der Waals surface area contributed by atoms with E-state index in [1.165, 1.54) is 12.2 Å². The van der Waals surface area contributed by atoms with Gasteiger partial charge in [0.05, 0.1) is 17.0 Å². The van der Waals surface area contributed by atoms with E-state index in [4.69, 9.17) is 5.11 Å². The highest BCUT2D eigenvalue weighted by atomic mass is 16.4. The van der Waals surface area contributed by atoms with Crippen LogP contribution >= 0.6 is 0 Å². The normalized spacial score (nSPS) is 23.5. The Morgan fingerprint density at radius 3 is 2.05 bits per heavy atom. The number of hydrogen-bond acceptors (Lipinski definition) is 4. The van der Waals surface area contributed by atoms with Crippen molar-refractivity contribution in [2.24, 2.45) is 5.92 Å². The number of carboxylic acid groups (broad SMARTS) is 2. The molecule has 1 aliphatic carbocycles. The zero-order valence-corrected chi connectivity index (χ0v) is 13.7. The lowest BCUT2D eigenvalue weighted by Gasteiger charge is -2.44. The largest absolute Gasteiger partial charge is 0.481 e. The number of carboxylic acids is 2. The predicted molar refractivity (Wildman–Crippen MR) is 84.7 cm³/mol. The van der Waals surface area contributed by atoms with Crippen LogP contribution < -0.4 is 0 Å². The van der Waals surface area contributed by atoms with Gasteiger partial charge in [-0.25, -0.2) is 4.79 Å². The first kappa shape index (κ1) is 20.3. The summed E-state index contributed by atoms with van der Waals surface area (Å²) in [6, 6.07) is 0. The number of allylic oxidation sites excluding steroid dienone is 2. The molecule has 22 heavy (non-hydrogen) atoms. The minimum Gasteiger partial charge on any atom is -0.481 e. The Labute approximate surface area is 131 Å². The standard InChI is InChI=1S/C13H19NO4.C3H8O/c1-4-14(5-2)13(3)9(11(15)16)7-6-8-10(13)12(17)18;1-2-3-4/h6-9H,4-5H2,1-3H3,(H,15,16)(H,17,18);4H,2-3H2,1H3. The average molecular weight is 313 g/mol. The monoisotopic (exact) mass is 313 g/mol. The van der Waals surface area contributed by atoms with E-state index in [2.05, 4.69) is 0 Å². The summed E-state index contributed by atoms with van der Waals surface area (Å²) in [6.07, 6.45) is 5.42. The Balaban J connectivity index is 0.000000980. The molecule has 1 aliphatic rings. The molecular weight excluding hydrogens is 286 g/mol. The minimum absolute atomic E-state index is 0.126. The third-order valence-electron chi connectivity index (χ3n) is 3.86. The molecular formula is C16H27NO5. The smallest absolute Gasteiger partial charge is 0.333 e. The van der Waals surface area contributed by atoms with Gasteiger partial charge in [0.1, 0.15) is 0 Å². The molecule has 0 aliphatic heterocycles. The highest BCUT2D eigenvalue weighted by Gasteiger charge is 2.48. The fraction of sp³-hybridized carbons (Fsp3) is 0.625. The highest BCUT2D eigenvalue weighted by Crippen LogP contribution is 2.36. The van der Waals surface area contributed by atoms with Crippen molar-refractivity contribution in [3.63, 3.8) is 0 Å². The van der Waals surface area contributed by atoms with Crippen molar-refractivity contribution in [2.75, 3.05) is 19.7 Å². The molecule has 126 valence electrons. The summed E-state index contributed by atoms with van der Waals surface area (Å²) < 4.78 is 0. The van der Waals surface area contributed by atoms with Crippen LogP contribution in [0.4, 0.5) is 0 Å². The van der Waals surface area contributed by atoms with Crippen LogP contribution in [-0.4, -0.2) is 57.4 Å². The van der Waals surface area contributed by atoms with E-state index in [9.17, 15) is 19.8 Å². The van der Waals surface area contributed by atoms with Crippen LogP contribution in [0.3, 0.4) is 0 Å². The third kappa shape index (κ3) is 4.42. The van der Waals surface area contributed by atoms with Gasteiger partial charge in [-0.05, 0) is 26.4 Å². The molecule has 0 aromatic heterocycles. The van der Waals surface area contributed by atoms with E-state index in [1.807, 2.05) is 25.7 Å². The summed E-state index contributed by atoms with van der Waals surface area (Å²) in [4.78, 5) is 24.6. The van der Waals surface area contributed by atoms with E-state index in [0.29, 0.717) is 19.7 Å². The van der Waals surface area contributed by atoms with Gasteiger partial charge in [0.2, 0.25) is 0 Å². The summed E-state index contributed by atoms with van der Waals surface area (Å²) >= 11 is 0. The van der Waals surface area contributed by atoms with Crippen LogP contribution in [0.2, 0.25) is 0 Å². The maximum atomic E-state index is 11.4. The van der Waals surface area contributed by atoms with Crippen molar-refractivity contribution in [1.29, 1.82) is 0 Å². The molecule has 0 bridgehead atoms. The summed E-state index contributed by atoms with van der Waals surface area (Å²) in [5.74, 6) is -2.93. The predicted octanol–water partition coefficient (Wildman–Crippen LogP) is 1.76. The van der Waals surface area contributed by atoms with E-state index in [1.54, 1.807) is 13.0 Å². The van der Waals surface area contributed by atoms with Crippen LogP contribution in [-0.2, 0) is 9.59 Å². The fourth-order valence-corrected chi connectivity index (χ4v) is 2.64. The molecule has 0 aromatic carbocycles. The summed E-state index contributed by atoms with van der Waals surface area (Å²) in [7, 11) is 0. The van der Waals surface area contributed by atoms with Crippen molar-refractivity contribution >= 4 is 11.9 Å². The molecule has 6 heteroatoms. The molecule has 0 saturated heterocycles. The van der Waals surface area contributed by atoms with Gasteiger partial charge in [0.15, 0.2) is 0 Å². The van der Waals surface area contributed by atoms with E-state index >= 15 is 0 Å². The summed E-state index contributed by atoms with van der Waals surface area (Å²) in [5.41, 5.74) is -0.892.